The summed E-state index contributed by atoms with van der Waals surface area (Å²) in [5.74, 6) is 0.779. The van der Waals surface area contributed by atoms with Crippen LogP contribution in [0.2, 0.25) is 0 Å². The summed E-state index contributed by atoms with van der Waals surface area (Å²) in [5.41, 5.74) is 6.27. The number of hydrogen-bond donors (Lipinski definition) is 2. The molecule has 0 spiro atoms. The molecule has 0 radical (unpaired) electrons. The maximum absolute atomic E-state index is 12.1. The van der Waals surface area contributed by atoms with E-state index >= 15 is 0 Å². The second-order valence-corrected chi connectivity index (χ2v) is 6.95. The molecule has 6 nitrogen and oxygen atoms in total. The largest absolute Gasteiger partial charge is 0.493 e. The van der Waals surface area contributed by atoms with Crippen molar-refractivity contribution in [1.29, 1.82) is 0 Å². The average molecular weight is 435 g/mol. The van der Waals surface area contributed by atoms with Crippen LogP contribution in [-0.2, 0) is 4.79 Å². The Morgan fingerprint density at radius 1 is 1.04 bits per heavy atom. The SMILES string of the molecule is CCOc1ccc(C(=O)NNC(=O)COc2ccc(C(C)C)cc2)cc1Br. The van der Waals surface area contributed by atoms with Crippen LogP contribution in [0.25, 0.3) is 0 Å². The highest BCUT2D eigenvalue weighted by molar-refractivity contribution is 9.10. The third-order valence-corrected chi connectivity index (χ3v) is 4.35. The number of amides is 2. The summed E-state index contributed by atoms with van der Waals surface area (Å²) in [6, 6.07) is 12.5. The number of carbonyl (C=O) groups excluding carboxylic acids is 2. The molecule has 7 heteroatoms. The van der Waals surface area contributed by atoms with E-state index in [1.807, 2.05) is 31.2 Å². The van der Waals surface area contributed by atoms with Gasteiger partial charge in [-0.05, 0) is 64.7 Å². The minimum Gasteiger partial charge on any atom is -0.493 e. The van der Waals surface area contributed by atoms with Gasteiger partial charge in [-0.1, -0.05) is 26.0 Å². The Balaban J connectivity index is 1.81. The summed E-state index contributed by atoms with van der Waals surface area (Å²) in [6.45, 7) is 6.42. The van der Waals surface area contributed by atoms with Gasteiger partial charge in [-0.2, -0.15) is 0 Å². The fraction of sp³-hybridized carbons (Fsp3) is 0.300. The number of ether oxygens (including phenoxy) is 2. The van der Waals surface area contributed by atoms with E-state index in [2.05, 4.69) is 40.6 Å². The molecule has 0 fully saturated rings. The third kappa shape index (κ3) is 6.29. The van der Waals surface area contributed by atoms with Crippen molar-refractivity contribution in [2.45, 2.75) is 26.7 Å². The van der Waals surface area contributed by atoms with Gasteiger partial charge in [0, 0.05) is 5.56 Å². The zero-order valence-electron chi connectivity index (χ0n) is 15.5. The molecule has 27 heavy (non-hydrogen) atoms. The topological polar surface area (TPSA) is 76.7 Å². The molecular weight excluding hydrogens is 412 g/mol. The fourth-order valence-electron chi connectivity index (χ4n) is 2.25. The van der Waals surface area contributed by atoms with Gasteiger partial charge in [0.05, 0.1) is 11.1 Å². The first-order valence-corrected chi connectivity index (χ1v) is 9.44. The van der Waals surface area contributed by atoms with E-state index in [4.69, 9.17) is 9.47 Å². The van der Waals surface area contributed by atoms with E-state index in [0.717, 1.165) is 0 Å². The van der Waals surface area contributed by atoms with E-state index in [1.54, 1.807) is 18.2 Å². The normalized spacial score (nSPS) is 10.4. The molecule has 0 atom stereocenters. The molecule has 0 aliphatic rings. The molecule has 0 saturated carbocycles. The lowest BCUT2D eigenvalue weighted by molar-refractivity contribution is -0.123. The van der Waals surface area contributed by atoms with Gasteiger partial charge in [0.25, 0.3) is 11.8 Å². The molecule has 2 rings (SSSR count). The highest BCUT2D eigenvalue weighted by atomic mass is 79.9. The first-order valence-electron chi connectivity index (χ1n) is 8.65. The minimum atomic E-state index is -0.457. The second-order valence-electron chi connectivity index (χ2n) is 6.09. The molecule has 0 aromatic heterocycles. The predicted molar refractivity (Wildman–Crippen MR) is 107 cm³/mol. The lowest BCUT2D eigenvalue weighted by Gasteiger charge is -2.11. The van der Waals surface area contributed by atoms with Crippen molar-refractivity contribution < 1.29 is 19.1 Å². The Morgan fingerprint density at radius 2 is 1.74 bits per heavy atom. The third-order valence-electron chi connectivity index (χ3n) is 3.73. The van der Waals surface area contributed by atoms with Crippen molar-refractivity contribution >= 4 is 27.7 Å². The number of carbonyl (C=O) groups is 2. The molecule has 0 aliphatic heterocycles. The molecule has 2 amide bonds. The fourth-order valence-corrected chi connectivity index (χ4v) is 2.74. The Kier molecular flexibility index (Phi) is 7.67. The smallest absolute Gasteiger partial charge is 0.276 e. The Bertz CT molecular complexity index is 791. The Labute approximate surface area is 167 Å². The van der Waals surface area contributed by atoms with Crippen LogP contribution in [0.3, 0.4) is 0 Å². The Hall–Kier alpha value is -2.54. The lowest BCUT2D eigenvalue weighted by atomic mass is 10.0. The summed E-state index contributed by atoms with van der Waals surface area (Å²) < 4.78 is 11.5. The van der Waals surface area contributed by atoms with Crippen molar-refractivity contribution in [3.05, 3.63) is 58.1 Å². The second kappa shape index (κ2) is 9.97. The van der Waals surface area contributed by atoms with Crippen molar-refractivity contribution in [2.24, 2.45) is 0 Å². The van der Waals surface area contributed by atoms with Gasteiger partial charge in [0.1, 0.15) is 11.5 Å². The number of nitrogens with one attached hydrogen (secondary N) is 2. The zero-order chi connectivity index (χ0) is 19.8. The van der Waals surface area contributed by atoms with E-state index in [9.17, 15) is 9.59 Å². The summed E-state index contributed by atoms with van der Waals surface area (Å²) in [7, 11) is 0. The molecule has 144 valence electrons. The molecule has 2 aromatic carbocycles. The molecule has 0 heterocycles. The summed E-state index contributed by atoms with van der Waals surface area (Å²) in [4.78, 5) is 24.0. The monoisotopic (exact) mass is 434 g/mol. The molecule has 0 aliphatic carbocycles. The highest BCUT2D eigenvalue weighted by Gasteiger charge is 2.11. The number of hydrazine groups is 1. The molecule has 0 saturated heterocycles. The van der Waals surface area contributed by atoms with Crippen LogP contribution in [0.1, 0.15) is 42.6 Å². The van der Waals surface area contributed by atoms with E-state index in [0.29, 0.717) is 34.1 Å². The van der Waals surface area contributed by atoms with Gasteiger partial charge in [0.2, 0.25) is 0 Å². The van der Waals surface area contributed by atoms with Crippen LogP contribution in [0.5, 0.6) is 11.5 Å². The Morgan fingerprint density at radius 3 is 2.33 bits per heavy atom. The first kappa shape index (κ1) is 20.8. The number of halogens is 1. The summed E-state index contributed by atoms with van der Waals surface area (Å²) >= 11 is 3.35. The standard InChI is InChI=1S/C20H23BrN2O4/c1-4-26-18-10-7-15(11-17(18)21)20(25)23-22-19(24)12-27-16-8-5-14(6-9-16)13(2)3/h5-11,13H,4,12H2,1-3H3,(H,22,24)(H,23,25). The molecule has 2 aromatic rings. The van der Waals surface area contributed by atoms with E-state index < -0.39 is 11.8 Å². The van der Waals surface area contributed by atoms with E-state index in [1.165, 1.54) is 5.56 Å². The van der Waals surface area contributed by atoms with Crippen LogP contribution in [0, 0.1) is 0 Å². The van der Waals surface area contributed by atoms with Crippen LogP contribution in [0.4, 0.5) is 0 Å². The first-order chi connectivity index (χ1) is 12.9. The van der Waals surface area contributed by atoms with Crippen LogP contribution >= 0.6 is 15.9 Å². The minimum absolute atomic E-state index is 0.200. The van der Waals surface area contributed by atoms with Crippen molar-refractivity contribution in [2.75, 3.05) is 13.2 Å². The van der Waals surface area contributed by atoms with Crippen LogP contribution < -0.4 is 20.3 Å². The van der Waals surface area contributed by atoms with Gasteiger partial charge in [-0.15, -0.1) is 0 Å². The van der Waals surface area contributed by atoms with Crippen molar-refractivity contribution in [3.63, 3.8) is 0 Å². The average Bonchev–Trinajstić information content (AvgIpc) is 2.66. The molecular formula is C20H23BrN2O4. The maximum atomic E-state index is 12.1. The number of benzene rings is 2. The predicted octanol–water partition coefficient (Wildman–Crippen LogP) is 3.81. The molecule has 2 N–H and O–H groups in total. The van der Waals surface area contributed by atoms with Crippen molar-refractivity contribution in [1.82, 2.24) is 10.9 Å². The van der Waals surface area contributed by atoms with Gasteiger partial charge < -0.3 is 9.47 Å². The van der Waals surface area contributed by atoms with Gasteiger partial charge in [-0.3, -0.25) is 20.4 Å². The van der Waals surface area contributed by atoms with Crippen molar-refractivity contribution in [3.8, 4) is 11.5 Å². The zero-order valence-corrected chi connectivity index (χ0v) is 17.1. The highest BCUT2D eigenvalue weighted by Crippen LogP contribution is 2.25. The molecule has 0 bridgehead atoms. The van der Waals surface area contributed by atoms with Gasteiger partial charge in [-0.25, -0.2) is 0 Å². The quantitative estimate of drug-likeness (QED) is 0.649. The maximum Gasteiger partial charge on any atom is 0.276 e. The van der Waals surface area contributed by atoms with Crippen LogP contribution in [-0.4, -0.2) is 25.0 Å². The number of rotatable bonds is 7. The van der Waals surface area contributed by atoms with Gasteiger partial charge in [0.15, 0.2) is 6.61 Å². The number of hydrogen-bond acceptors (Lipinski definition) is 4. The van der Waals surface area contributed by atoms with Crippen LogP contribution in [0.15, 0.2) is 46.9 Å². The summed E-state index contributed by atoms with van der Waals surface area (Å²) in [5, 5.41) is 0. The molecule has 0 unspecified atom stereocenters. The lowest BCUT2D eigenvalue weighted by Crippen LogP contribution is -2.43. The van der Waals surface area contributed by atoms with Gasteiger partial charge >= 0.3 is 0 Å². The summed E-state index contributed by atoms with van der Waals surface area (Å²) in [6.07, 6.45) is 0. The van der Waals surface area contributed by atoms with E-state index in [-0.39, 0.29) is 6.61 Å².